The van der Waals surface area contributed by atoms with Crippen LogP contribution in [0.5, 0.6) is 0 Å². The van der Waals surface area contributed by atoms with E-state index in [2.05, 4.69) is 17.6 Å². The van der Waals surface area contributed by atoms with Gasteiger partial charge in [-0.05, 0) is 98.5 Å². The van der Waals surface area contributed by atoms with Gasteiger partial charge in [-0.2, -0.15) is 0 Å². The van der Waals surface area contributed by atoms with Crippen LogP contribution < -0.4 is 10.6 Å². The first-order valence-electron chi connectivity index (χ1n) is 14.0. The number of allylic oxidation sites excluding steroid dienone is 3. The van der Waals surface area contributed by atoms with Crippen molar-refractivity contribution >= 4 is 17.6 Å². The molecule has 1 saturated heterocycles. The fourth-order valence-corrected chi connectivity index (χ4v) is 8.61. The van der Waals surface area contributed by atoms with Gasteiger partial charge in [0.25, 0.3) is 5.91 Å². The van der Waals surface area contributed by atoms with Crippen molar-refractivity contribution < 1.29 is 34.8 Å². The van der Waals surface area contributed by atoms with Gasteiger partial charge in [-0.1, -0.05) is 19.1 Å². The van der Waals surface area contributed by atoms with Gasteiger partial charge >= 0.3 is 0 Å². The van der Waals surface area contributed by atoms with E-state index in [1.165, 1.54) is 12.2 Å². The molecule has 0 unspecified atom stereocenters. The molecule has 0 aromatic heterocycles. The molecule has 0 spiro atoms. The third kappa shape index (κ3) is 4.62. The summed E-state index contributed by atoms with van der Waals surface area (Å²) in [7, 11) is 0. The Kier molecular flexibility index (Phi) is 7.55. The number of nitrogens with one attached hydrogen (secondary N) is 2. The minimum absolute atomic E-state index is 0.0923. The Morgan fingerprint density at radius 3 is 2.45 bits per heavy atom. The van der Waals surface area contributed by atoms with Gasteiger partial charge in [0.2, 0.25) is 5.91 Å². The van der Waals surface area contributed by atoms with Crippen molar-refractivity contribution in [3.63, 3.8) is 0 Å². The van der Waals surface area contributed by atoms with Crippen LogP contribution in [0.1, 0.15) is 46.0 Å². The standard InChI is InChI=1S/C29H40N2O7/c1-13-11-17-18-12-15-8-9-20(33)25-26(35)19(31-29(25)38)6-4-10-30-21(34)7-3-5-16(15)23(18)27(36)28(37)24(17)22(13)14(2)32/h3,7-9,13-19,22-24,27-28,32-33,36-37H,4-6,10-12H2,1-2H3,(H,30,34)(H,31,38)/t13-,14-,15-,16+,17-,18-,19+,22+,23-,24-,27+,28+/m1/s1. The van der Waals surface area contributed by atoms with Crippen LogP contribution in [-0.4, -0.2) is 68.9 Å². The van der Waals surface area contributed by atoms with Crippen molar-refractivity contribution in [1.82, 2.24) is 10.6 Å². The molecule has 4 fully saturated rings. The van der Waals surface area contributed by atoms with E-state index in [1.54, 1.807) is 6.92 Å². The highest BCUT2D eigenvalue weighted by Crippen LogP contribution is 2.61. The smallest absolute Gasteiger partial charge is 0.259 e. The molecule has 0 aromatic carbocycles. The van der Waals surface area contributed by atoms with Crippen LogP contribution in [0.3, 0.4) is 0 Å². The zero-order chi connectivity index (χ0) is 27.3. The maximum Gasteiger partial charge on any atom is 0.259 e. The molecule has 208 valence electrons. The molecular weight excluding hydrogens is 488 g/mol. The monoisotopic (exact) mass is 528 g/mol. The highest BCUT2D eigenvalue weighted by atomic mass is 16.3. The Bertz CT molecular complexity index is 1070. The normalized spacial score (nSPS) is 44.3. The van der Waals surface area contributed by atoms with E-state index >= 15 is 0 Å². The molecule has 6 N–H and O–H groups in total. The Morgan fingerprint density at radius 2 is 1.71 bits per heavy atom. The average molecular weight is 529 g/mol. The van der Waals surface area contributed by atoms with Crippen LogP contribution in [0.2, 0.25) is 0 Å². The lowest BCUT2D eigenvalue weighted by atomic mass is 9.62. The van der Waals surface area contributed by atoms with Gasteiger partial charge in [-0.3, -0.25) is 14.4 Å². The number of rotatable bonds is 1. The molecular formula is C29H40N2O7. The van der Waals surface area contributed by atoms with E-state index in [1.807, 2.05) is 12.2 Å². The quantitative estimate of drug-likeness (QED) is 0.279. The van der Waals surface area contributed by atoms with Crippen molar-refractivity contribution in [2.75, 3.05) is 6.54 Å². The van der Waals surface area contributed by atoms with Gasteiger partial charge in [0.1, 0.15) is 11.3 Å². The number of amides is 2. The molecule has 3 aliphatic carbocycles. The molecule has 5 rings (SSSR count). The van der Waals surface area contributed by atoms with E-state index in [4.69, 9.17) is 0 Å². The van der Waals surface area contributed by atoms with Crippen molar-refractivity contribution in [3.8, 4) is 0 Å². The summed E-state index contributed by atoms with van der Waals surface area (Å²) in [6.45, 7) is 4.20. The predicted octanol–water partition coefficient (Wildman–Crippen LogP) is 1.15. The zero-order valence-electron chi connectivity index (χ0n) is 22.0. The first-order valence-corrected chi connectivity index (χ1v) is 14.0. The van der Waals surface area contributed by atoms with Crippen molar-refractivity contribution in [3.05, 3.63) is 35.6 Å². The summed E-state index contributed by atoms with van der Waals surface area (Å²) in [6.07, 6.45) is 6.97. The first kappa shape index (κ1) is 27.1. The third-order valence-corrected chi connectivity index (χ3v) is 10.1. The van der Waals surface area contributed by atoms with Crippen molar-refractivity contribution in [2.24, 2.45) is 47.3 Å². The summed E-state index contributed by atoms with van der Waals surface area (Å²) >= 11 is 0. The van der Waals surface area contributed by atoms with E-state index in [0.29, 0.717) is 32.2 Å². The van der Waals surface area contributed by atoms with E-state index < -0.39 is 36.0 Å². The van der Waals surface area contributed by atoms with Crippen LogP contribution in [0.4, 0.5) is 0 Å². The molecule has 9 nitrogen and oxygen atoms in total. The molecule has 9 heteroatoms. The molecule has 2 heterocycles. The highest BCUT2D eigenvalue weighted by molar-refractivity contribution is 6.27. The predicted molar refractivity (Wildman–Crippen MR) is 138 cm³/mol. The number of hydrogen-bond donors (Lipinski definition) is 6. The second-order valence-electron chi connectivity index (χ2n) is 12.1. The minimum Gasteiger partial charge on any atom is -0.507 e. The fourth-order valence-electron chi connectivity index (χ4n) is 8.61. The van der Waals surface area contributed by atoms with Crippen LogP contribution in [0.15, 0.2) is 35.6 Å². The average Bonchev–Trinajstić information content (AvgIpc) is 3.49. The van der Waals surface area contributed by atoms with Crippen molar-refractivity contribution in [1.29, 1.82) is 0 Å². The summed E-state index contributed by atoms with van der Waals surface area (Å²) in [5.41, 5.74) is -0.242. The lowest BCUT2D eigenvalue weighted by Gasteiger charge is -2.47. The number of ketones is 1. The van der Waals surface area contributed by atoms with Crippen LogP contribution >= 0.6 is 0 Å². The molecule has 12 atom stereocenters. The van der Waals surface area contributed by atoms with Gasteiger partial charge in [-0.25, -0.2) is 0 Å². The highest BCUT2D eigenvalue weighted by Gasteiger charge is 2.61. The maximum absolute atomic E-state index is 12.8. The number of aliphatic hydroxyl groups excluding tert-OH is 4. The third-order valence-electron chi connectivity index (χ3n) is 10.1. The van der Waals surface area contributed by atoms with Gasteiger partial charge in [0, 0.05) is 6.54 Å². The van der Waals surface area contributed by atoms with E-state index in [-0.39, 0.29) is 64.6 Å². The van der Waals surface area contributed by atoms with Crippen LogP contribution in [0, 0.1) is 47.3 Å². The largest absolute Gasteiger partial charge is 0.507 e. The summed E-state index contributed by atoms with van der Waals surface area (Å²) in [6, 6.07) is -0.727. The topological polar surface area (TPSA) is 156 Å². The molecule has 5 aliphatic rings. The molecule has 3 saturated carbocycles. The van der Waals surface area contributed by atoms with Gasteiger partial charge < -0.3 is 31.1 Å². The fraction of sp³-hybridized carbons (Fsp3) is 0.690. The van der Waals surface area contributed by atoms with Gasteiger partial charge in [0.15, 0.2) is 5.78 Å². The maximum atomic E-state index is 12.8. The van der Waals surface area contributed by atoms with Gasteiger partial charge in [-0.15, -0.1) is 0 Å². The first-order chi connectivity index (χ1) is 18.1. The second kappa shape index (κ2) is 10.6. The Balaban J connectivity index is 1.50. The molecule has 38 heavy (non-hydrogen) atoms. The van der Waals surface area contributed by atoms with E-state index in [0.717, 1.165) is 6.42 Å². The molecule has 0 radical (unpaired) electrons. The second-order valence-corrected chi connectivity index (χ2v) is 12.1. The number of Topliss-reactive ketones (excluding diaryl/α,β-unsaturated/α-hetero) is 1. The Labute approximate surface area is 223 Å². The summed E-state index contributed by atoms with van der Waals surface area (Å²) in [5, 5.41) is 49.4. The molecule has 2 amide bonds. The molecule has 0 aromatic rings. The molecule has 2 bridgehead atoms. The van der Waals surface area contributed by atoms with E-state index in [9.17, 15) is 34.8 Å². The summed E-state index contributed by atoms with van der Waals surface area (Å²) in [5.74, 6) is -1.91. The van der Waals surface area contributed by atoms with Crippen molar-refractivity contribution in [2.45, 2.75) is 70.3 Å². The number of fused-ring (bicyclic) bond motifs is 7. The Hall–Kier alpha value is -2.49. The molecule has 2 aliphatic heterocycles. The lowest BCUT2D eigenvalue weighted by Crippen LogP contribution is -2.53. The summed E-state index contributed by atoms with van der Waals surface area (Å²) in [4.78, 5) is 37.7. The Morgan fingerprint density at radius 1 is 1.00 bits per heavy atom. The lowest BCUT2D eigenvalue weighted by molar-refractivity contribution is -0.137. The van der Waals surface area contributed by atoms with Crippen LogP contribution in [-0.2, 0) is 14.4 Å². The summed E-state index contributed by atoms with van der Waals surface area (Å²) < 4.78 is 0. The number of carbonyl (C=O) groups excluding carboxylic acids is 3. The number of aliphatic hydroxyl groups is 4. The number of hydrogen-bond acceptors (Lipinski definition) is 7. The van der Waals surface area contributed by atoms with Crippen LogP contribution in [0.25, 0.3) is 0 Å². The van der Waals surface area contributed by atoms with Gasteiger partial charge in [0.05, 0.1) is 24.4 Å². The zero-order valence-corrected chi connectivity index (χ0v) is 22.0. The SMILES string of the molecule is C[C@@H]1C[C@@H]2[C@H]3C[C@H]4C=CC(O)=C5C(=O)N[C@@H](CCCNC(=O)C=CC[C@@H]4[C@H]3[C@H](O)[C@@H](O)[C@H]2[C@@H]1[C@@H](C)O)C5=O. The minimum atomic E-state index is -0.973. The number of carbonyl (C=O) groups is 3.